The highest BCUT2D eigenvalue weighted by Gasteiger charge is 2.30. The van der Waals surface area contributed by atoms with E-state index in [1.165, 1.54) is 0 Å². The summed E-state index contributed by atoms with van der Waals surface area (Å²) in [7, 11) is 0. The minimum atomic E-state index is -0.468. The van der Waals surface area contributed by atoms with Gasteiger partial charge in [-0.1, -0.05) is 44.2 Å². The maximum atomic E-state index is 13.0. The molecule has 1 aliphatic heterocycles. The molecule has 1 heterocycles. The number of aliphatic hydroxyl groups is 1. The van der Waals surface area contributed by atoms with Gasteiger partial charge >= 0.3 is 0 Å². The first kappa shape index (κ1) is 18.0. The van der Waals surface area contributed by atoms with E-state index in [4.69, 9.17) is 4.74 Å². The average molecular weight is 319 g/mol. The van der Waals surface area contributed by atoms with E-state index >= 15 is 0 Å². The number of hydrogen-bond donors (Lipinski definition) is 1. The third-order valence-corrected chi connectivity index (χ3v) is 4.79. The molecule has 0 saturated carbocycles. The Hall–Kier alpha value is -1.39. The topological polar surface area (TPSA) is 49.8 Å². The third-order valence-electron chi connectivity index (χ3n) is 4.79. The van der Waals surface area contributed by atoms with Crippen molar-refractivity contribution < 1.29 is 14.6 Å². The summed E-state index contributed by atoms with van der Waals surface area (Å²) in [5.74, 6) is 0.508. The molecule has 2 unspecified atom stereocenters. The summed E-state index contributed by atoms with van der Waals surface area (Å²) in [6.45, 7) is 6.42. The van der Waals surface area contributed by atoms with Crippen molar-refractivity contribution in [1.29, 1.82) is 0 Å². The number of carbonyl (C=O) groups is 1. The summed E-state index contributed by atoms with van der Waals surface area (Å²) in [5, 5.41) is 10.0. The van der Waals surface area contributed by atoms with Gasteiger partial charge in [0.1, 0.15) is 0 Å². The zero-order chi connectivity index (χ0) is 16.7. The van der Waals surface area contributed by atoms with Gasteiger partial charge in [0.2, 0.25) is 5.91 Å². The molecule has 1 amide bonds. The first-order chi connectivity index (χ1) is 11.1. The molecule has 1 aliphatic rings. The molecule has 0 bridgehead atoms. The highest BCUT2D eigenvalue weighted by Crippen LogP contribution is 2.26. The average Bonchev–Trinajstić information content (AvgIpc) is 2.61. The number of rotatable bonds is 7. The number of nitrogens with zero attached hydrogens (tertiary/aromatic N) is 1. The molecule has 4 heteroatoms. The van der Waals surface area contributed by atoms with Crippen LogP contribution in [0.4, 0.5) is 0 Å². The van der Waals surface area contributed by atoms with Crippen LogP contribution in [0.15, 0.2) is 30.3 Å². The van der Waals surface area contributed by atoms with Crippen molar-refractivity contribution in [2.24, 2.45) is 11.8 Å². The number of amides is 1. The van der Waals surface area contributed by atoms with E-state index in [1.807, 2.05) is 49.1 Å². The first-order valence-electron chi connectivity index (χ1n) is 8.70. The highest BCUT2D eigenvalue weighted by atomic mass is 16.5. The molecule has 0 spiro atoms. The van der Waals surface area contributed by atoms with E-state index < -0.39 is 6.10 Å². The van der Waals surface area contributed by atoms with Crippen LogP contribution in [0.2, 0.25) is 0 Å². The molecule has 1 aromatic carbocycles. The van der Waals surface area contributed by atoms with Gasteiger partial charge in [0.05, 0.1) is 6.10 Å². The fourth-order valence-electron chi connectivity index (χ4n) is 3.13. The largest absolute Gasteiger partial charge is 0.391 e. The molecule has 0 radical (unpaired) electrons. The second kappa shape index (κ2) is 9.04. The van der Waals surface area contributed by atoms with Gasteiger partial charge in [-0.3, -0.25) is 4.79 Å². The number of ether oxygens (including phenoxy) is 1. The van der Waals surface area contributed by atoms with E-state index in [1.54, 1.807) is 0 Å². The molecule has 1 fully saturated rings. The van der Waals surface area contributed by atoms with E-state index in [9.17, 15) is 9.90 Å². The van der Waals surface area contributed by atoms with Crippen molar-refractivity contribution in [2.75, 3.05) is 19.8 Å². The van der Waals surface area contributed by atoms with Crippen molar-refractivity contribution in [1.82, 2.24) is 4.90 Å². The Bertz CT molecular complexity index is 471. The standard InChI is InChI=1S/C19H29NO3/c1-3-18(21)14-20(13-16-7-5-4-6-8-16)19(22)15(2)17-9-11-23-12-10-17/h4-8,15,17-18,21H,3,9-14H2,1-2H3. The number of hydrogen-bond acceptors (Lipinski definition) is 3. The lowest BCUT2D eigenvalue weighted by atomic mass is 9.86. The Labute approximate surface area is 139 Å². The first-order valence-corrected chi connectivity index (χ1v) is 8.70. The van der Waals surface area contributed by atoms with E-state index in [-0.39, 0.29) is 11.8 Å². The van der Waals surface area contributed by atoms with Crippen LogP contribution in [0.3, 0.4) is 0 Å². The predicted octanol–water partition coefficient (Wildman–Crippen LogP) is 2.85. The van der Waals surface area contributed by atoms with Crippen LogP contribution in [0.1, 0.15) is 38.7 Å². The molecular weight excluding hydrogens is 290 g/mol. The Balaban J connectivity index is 2.06. The van der Waals surface area contributed by atoms with Gasteiger partial charge in [-0.15, -0.1) is 0 Å². The fourth-order valence-corrected chi connectivity index (χ4v) is 3.13. The predicted molar refractivity (Wildman–Crippen MR) is 90.9 cm³/mol. The molecule has 23 heavy (non-hydrogen) atoms. The molecule has 0 aromatic heterocycles. The van der Waals surface area contributed by atoms with Crippen LogP contribution in [0.5, 0.6) is 0 Å². The van der Waals surface area contributed by atoms with Gasteiger partial charge in [0, 0.05) is 32.2 Å². The van der Waals surface area contributed by atoms with Gasteiger partial charge in [0.15, 0.2) is 0 Å². The number of aliphatic hydroxyl groups excluding tert-OH is 1. The van der Waals surface area contributed by atoms with Crippen molar-refractivity contribution in [3.63, 3.8) is 0 Å². The van der Waals surface area contributed by atoms with Crippen LogP contribution in [-0.2, 0) is 16.1 Å². The van der Waals surface area contributed by atoms with E-state index in [0.29, 0.717) is 25.4 Å². The molecule has 0 aliphatic carbocycles. The zero-order valence-electron chi connectivity index (χ0n) is 14.3. The van der Waals surface area contributed by atoms with Crippen molar-refractivity contribution in [3.05, 3.63) is 35.9 Å². The van der Waals surface area contributed by atoms with E-state index in [0.717, 1.165) is 31.6 Å². The molecule has 1 aromatic rings. The van der Waals surface area contributed by atoms with Crippen molar-refractivity contribution in [2.45, 2.75) is 45.8 Å². The molecule has 1 N–H and O–H groups in total. The highest BCUT2D eigenvalue weighted by molar-refractivity contribution is 5.78. The van der Waals surface area contributed by atoms with Gasteiger partial charge < -0.3 is 14.7 Å². The monoisotopic (exact) mass is 319 g/mol. The summed E-state index contributed by atoms with van der Waals surface area (Å²) < 4.78 is 5.40. The van der Waals surface area contributed by atoms with Crippen LogP contribution < -0.4 is 0 Å². The van der Waals surface area contributed by atoms with Crippen molar-refractivity contribution in [3.8, 4) is 0 Å². The molecule has 1 saturated heterocycles. The van der Waals surface area contributed by atoms with Gasteiger partial charge in [-0.25, -0.2) is 0 Å². The molecule has 128 valence electrons. The lowest BCUT2D eigenvalue weighted by molar-refractivity contribution is -0.140. The lowest BCUT2D eigenvalue weighted by Crippen LogP contribution is -2.42. The minimum Gasteiger partial charge on any atom is -0.391 e. The summed E-state index contributed by atoms with van der Waals surface area (Å²) in [5.41, 5.74) is 1.10. The summed E-state index contributed by atoms with van der Waals surface area (Å²) in [4.78, 5) is 14.8. The Morgan fingerprint density at radius 3 is 2.57 bits per heavy atom. The second-order valence-corrected chi connectivity index (χ2v) is 6.50. The van der Waals surface area contributed by atoms with Gasteiger partial charge in [0.25, 0.3) is 0 Å². The fraction of sp³-hybridized carbons (Fsp3) is 0.632. The Morgan fingerprint density at radius 2 is 1.96 bits per heavy atom. The smallest absolute Gasteiger partial charge is 0.226 e. The number of benzene rings is 1. The Kier molecular flexibility index (Phi) is 7.06. The SMILES string of the molecule is CCC(O)CN(Cc1ccccc1)C(=O)C(C)C1CCOCC1. The quantitative estimate of drug-likeness (QED) is 0.841. The Morgan fingerprint density at radius 1 is 1.30 bits per heavy atom. The third kappa shape index (κ3) is 5.33. The van der Waals surface area contributed by atoms with E-state index in [2.05, 4.69) is 0 Å². The van der Waals surface area contributed by atoms with Crippen LogP contribution in [-0.4, -0.2) is 41.8 Å². The van der Waals surface area contributed by atoms with Crippen LogP contribution >= 0.6 is 0 Å². The zero-order valence-corrected chi connectivity index (χ0v) is 14.3. The molecule has 2 rings (SSSR count). The van der Waals surface area contributed by atoms with Crippen molar-refractivity contribution >= 4 is 5.91 Å². The lowest BCUT2D eigenvalue weighted by Gasteiger charge is -2.33. The van der Waals surface area contributed by atoms with Crippen LogP contribution in [0, 0.1) is 11.8 Å². The van der Waals surface area contributed by atoms with Gasteiger partial charge in [-0.2, -0.15) is 0 Å². The molecular formula is C19H29NO3. The summed E-state index contributed by atoms with van der Waals surface area (Å²) in [6.07, 6.45) is 2.08. The second-order valence-electron chi connectivity index (χ2n) is 6.50. The van der Waals surface area contributed by atoms with Gasteiger partial charge in [-0.05, 0) is 30.7 Å². The summed E-state index contributed by atoms with van der Waals surface area (Å²) in [6, 6.07) is 9.99. The normalized spacial score (nSPS) is 18.4. The maximum Gasteiger partial charge on any atom is 0.226 e. The van der Waals surface area contributed by atoms with Crippen LogP contribution in [0.25, 0.3) is 0 Å². The maximum absolute atomic E-state index is 13.0. The molecule has 4 nitrogen and oxygen atoms in total. The summed E-state index contributed by atoms with van der Waals surface area (Å²) >= 11 is 0. The number of carbonyl (C=O) groups excluding carboxylic acids is 1. The minimum absolute atomic E-state index is 0.0216. The molecule has 2 atom stereocenters.